The van der Waals surface area contributed by atoms with Crippen molar-refractivity contribution < 1.29 is 14.9 Å². The SMILES string of the molecule is COc1ccccc1N1CCN(C[C@]2(O)CC[C@H]3C4=CC=C5C[C@@H](O)CC[C@]5(C)[C@H]4CC[C@@]32C)CC1. The number of fused-ring (bicyclic) bond motifs is 5. The Hall–Kier alpha value is -1.82. The van der Waals surface area contributed by atoms with Gasteiger partial charge >= 0.3 is 0 Å². The van der Waals surface area contributed by atoms with E-state index in [0.717, 1.165) is 83.4 Å². The predicted octanol–water partition coefficient (Wildman–Crippen LogP) is 4.79. The maximum Gasteiger partial charge on any atom is 0.142 e. The maximum atomic E-state index is 12.2. The second-order valence-corrected chi connectivity index (χ2v) is 12.7. The summed E-state index contributed by atoms with van der Waals surface area (Å²) in [5.74, 6) is 1.99. The molecule has 196 valence electrons. The Morgan fingerprint density at radius 2 is 1.69 bits per heavy atom. The Morgan fingerprint density at radius 3 is 2.47 bits per heavy atom. The number of aliphatic hydroxyl groups excluding tert-OH is 1. The van der Waals surface area contributed by atoms with Gasteiger partial charge in [0.25, 0.3) is 0 Å². The van der Waals surface area contributed by atoms with Crippen LogP contribution < -0.4 is 9.64 Å². The molecule has 6 atom stereocenters. The normalized spacial score (nSPS) is 40.6. The fourth-order valence-electron chi connectivity index (χ4n) is 8.76. The quantitative estimate of drug-likeness (QED) is 0.633. The number of hydrogen-bond acceptors (Lipinski definition) is 5. The van der Waals surface area contributed by atoms with Crippen molar-refractivity contribution in [2.45, 2.75) is 70.5 Å². The summed E-state index contributed by atoms with van der Waals surface area (Å²) < 4.78 is 5.59. The fourth-order valence-corrected chi connectivity index (χ4v) is 8.76. The van der Waals surface area contributed by atoms with Crippen LogP contribution in [-0.2, 0) is 0 Å². The lowest BCUT2D eigenvalue weighted by Gasteiger charge is -2.56. The molecule has 1 aromatic rings. The first-order valence-electron chi connectivity index (χ1n) is 14.2. The second kappa shape index (κ2) is 8.89. The number of aliphatic hydroxyl groups is 2. The summed E-state index contributed by atoms with van der Waals surface area (Å²) in [4.78, 5) is 4.92. The summed E-state index contributed by atoms with van der Waals surface area (Å²) in [5, 5.41) is 22.5. The molecule has 6 rings (SSSR count). The third-order valence-electron chi connectivity index (χ3n) is 11.2. The van der Waals surface area contributed by atoms with E-state index in [1.165, 1.54) is 11.3 Å². The summed E-state index contributed by atoms with van der Waals surface area (Å²) in [7, 11) is 1.74. The highest BCUT2D eigenvalue weighted by molar-refractivity contribution is 5.58. The highest BCUT2D eigenvalue weighted by Crippen LogP contribution is 2.66. The first-order valence-corrected chi connectivity index (χ1v) is 14.2. The number of hydrogen-bond donors (Lipinski definition) is 2. The molecule has 1 saturated heterocycles. The molecule has 4 fully saturated rings. The van der Waals surface area contributed by atoms with Crippen LogP contribution in [0.2, 0.25) is 0 Å². The number of ether oxygens (including phenoxy) is 1. The first-order chi connectivity index (χ1) is 17.3. The Bertz CT molecular complexity index is 1060. The first kappa shape index (κ1) is 24.5. The molecule has 36 heavy (non-hydrogen) atoms. The highest BCUT2D eigenvalue weighted by atomic mass is 16.5. The molecule has 0 unspecified atom stereocenters. The molecule has 0 spiro atoms. The Labute approximate surface area is 216 Å². The van der Waals surface area contributed by atoms with Crippen molar-refractivity contribution >= 4 is 5.69 Å². The lowest BCUT2D eigenvalue weighted by atomic mass is 9.50. The van der Waals surface area contributed by atoms with Gasteiger partial charge in [0.05, 0.1) is 24.5 Å². The molecule has 1 heterocycles. The van der Waals surface area contributed by atoms with Crippen molar-refractivity contribution in [1.29, 1.82) is 0 Å². The van der Waals surface area contributed by atoms with Gasteiger partial charge < -0.3 is 19.8 Å². The number of rotatable bonds is 4. The molecule has 5 aliphatic rings. The molecule has 5 nitrogen and oxygen atoms in total. The van der Waals surface area contributed by atoms with Crippen LogP contribution in [0, 0.1) is 22.7 Å². The lowest BCUT2D eigenvalue weighted by Crippen LogP contribution is -2.58. The van der Waals surface area contributed by atoms with E-state index in [4.69, 9.17) is 4.74 Å². The summed E-state index contributed by atoms with van der Waals surface area (Å²) >= 11 is 0. The highest BCUT2D eigenvalue weighted by Gasteiger charge is 2.62. The van der Waals surface area contributed by atoms with Crippen LogP contribution in [0.4, 0.5) is 5.69 Å². The molecule has 0 bridgehead atoms. The minimum Gasteiger partial charge on any atom is -0.495 e. The zero-order valence-corrected chi connectivity index (χ0v) is 22.4. The average Bonchev–Trinajstić information content (AvgIpc) is 3.15. The zero-order chi connectivity index (χ0) is 25.1. The Balaban J connectivity index is 1.17. The van der Waals surface area contributed by atoms with Crippen molar-refractivity contribution in [2.24, 2.45) is 22.7 Å². The summed E-state index contributed by atoms with van der Waals surface area (Å²) in [5.41, 5.74) is 3.72. The van der Waals surface area contributed by atoms with E-state index in [1.807, 2.05) is 12.1 Å². The van der Waals surface area contributed by atoms with Gasteiger partial charge in [-0.3, -0.25) is 4.90 Å². The molecule has 4 aliphatic carbocycles. The largest absolute Gasteiger partial charge is 0.495 e. The van der Waals surface area contributed by atoms with E-state index < -0.39 is 5.60 Å². The molecule has 0 radical (unpaired) electrons. The van der Waals surface area contributed by atoms with Gasteiger partial charge in [0.15, 0.2) is 0 Å². The molecule has 0 aromatic heterocycles. The Morgan fingerprint density at radius 1 is 0.944 bits per heavy atom. The third-order valence-corrected chi connectivity index (χ3v) is 11.2. The van der Waals surface area contributed by atoms with Crippen molar-refractivity contribution in [3.63, 3.8) is 0 Å². The number of nitrogens with zero attached hydrogens (tertiary/aromatic N) is 2. The third kappa shape index (κ3) is 3.68. The van der Waals surface area contributed by atoms with E-state index in [2.05, 4.69) is 47.9 Å². The molecule has 1 aliphatic heterocycles. The number of allylic oxidation sites excluding steroid dienone is 3. The topological polar surface area (TPSA) is 56.2 Å². The monoisotopic (exact) mass is 492 g/mol. The van der Waals surface area contributed by atoms with Crippen LogP contribution in [0.25, 0.3) is 0 Å². The van der Waals surface area contributed by atoms with Crippen LogP contribution in [0.15, 0.2) is 47.6 Å². The van der Waals surface area contributed by atoms with Crippen LogP contribution >= 0.6 is 0 Å². The fraction of sp³-hybridized carbons (Fsp3) is 0.677. The van der Waals surface area contributed by atoms with Gasteiger partial charge in [-0.25, -0.2) is 0 Å². The van der Waals surface area contributed by atoms with E-state index in [9.17, 15) is 10.2 Å². The van der Waals surface area contributed by atoms with E-state index in [1.54, 1.807) is 12.7 Å². The van der Waals surface area contributed by atoms with Gasteiger partial charge in [-0.15, -0.1) is 0 Å². The minimum absolute atomic E-state index is 0.0645. The number of methoxy groups -OCH3 is 1. The van der Waals surface area contributed by atoms with Crippen molar-refractivity contribution in [2.75, 3.05) is 44.7 Å². The number of para-hydroxylation sites is 2. The molecular weight excluding hydrogens is 448 g/mol. The van der Waals surface area contributed by atoms with Gasteiger partial charge in [0, 0.05) is 38.1 Å². The van der Waals surface area contributed by atoms with Gasteiger partial charge in [0.2, 0.25) is 0 Å². The minimum atomic E-state index is -0.635. The van der Waals surface area contributed by atoms with E-state index in [0.29, 0.717) is 11.8 Å². The molecular formula is C31H44N2O3. The summed E-state index contributed by atoms with van der Waals surface area (Å²) in [6, 6.07) is 8.29. The summed E-state index contributed by atoms with van der Waals surface area (Å²) in [6.07, 6.45) is 11.7. The molecule has 0 amide bonds. The smallest absolute Gasteiger partial charge is 0.142 e. The molecule has 5 heteroatoms. The molecule has 1 aromatic carbocycles. The van der Waals surface area contributed by atoms with Gasteiger partial charge in [-0.1, -0.05) is 49.3 Å². The Kier molecular flexibility index (Phi) is 6.05. The lowest BCUT2D eigenvalue weighted by molar-refractivity contribution is -0.102. The number of benzene rings is 1. The number of piperazine rings is 1. The van der Waals surface area contributed by atoms with Crippen LogP contribution in [0.5, 0.6) is 5.75 Å². The van der Waals surface area contributed by atoms with Crippen LogP contribution in [0.1, 0.15) is 58.8 Å². The van der Waals surface area contributed by atoms with Gasteiger partial charge in [-0.05, 0) is 74.3 Å². The molecule has 2 N–H and O–H groups in total. The number of anilines is 1. The predicted molar refractivity (Wildman–Crippen MR) is 144 cm³/mol. The van der Waals surface area contributed by atoms with Gasteiger partial charge in [-0.2, -0.15) is 0 Å². The van der Waals surface area contributed by atoms with Crippen LogP contribution in [-0.4, -0.2) is 66.7 Å². The standard InChI is InChI=1S/C31H44N2O3/c1-29-13-10-23(34)20-22(29)8-9-24-25(29)11-14-30(2)26(24)12-15-31(30,35)21-32-16-18-33(19-17-32)27-6-4-5-7-28(27)36-3/h4-9,23,25-26,34-35H,10-21H2,1-3H3/t23-,25-,26-,29-,30-,31+/m0/s1. The summed E-state index contributed by atoms with van der Waals surface area (Å²) in [6.45, 7) is 9.48. The van der Waals surface area contributed by atoms with Gasteiger partial charge in [0.1, 0.15) is 5.75 Å². The zero-order valence-electron chi connectivity index (χ0n) is 22.4. The van der Waals surface area contributed by atoms with Crippen molar-refractivity contribution in [3.05, 3.63) is 47.6 Å². The van der Waals surface area contributed by atoms with E-state index >= 15 is 0 Å². The van der Waals surface area contributed by atoms with Crippen molar-refractivity contribution in [1.82, 2.24) is 4.90 Å². The van der Waals surface area contributed by atoms with E-state index in [-0.39, 0.29) is 16.9 Å². The van der Waals surface area contributed by atoms with Crippen molar-refractivity contribution in [3.8, 4) is 5.75 Å². The second-order valence-electron chi connectivity index (χ2n) is 12.7. The average molecular weight is 493 g/mol. The maximum absolute atomic E-state index is 12.2. The van der Waals surface area contributed by atoms with Crippen LogP contribution in [0.3, 0.4) is 0 Å². The number of β-amino-alcohol motifs (C(OH)–C–C–N with tert-alkyl or cyclic N) is 1. The molecule has 3 saturated carbocycles.